The maximum atomic E-state index is 12.0. The summed E-state index contributed by atoms with van der Waals surface area (Å²) < 4.78 is 10.8. The Balaban J connectivity index is 2.02. The molecule has 0 spiro atoms. The predicted molar refractivity (Wildman–Crippen MR) is 95.8 cm³/mol. The Morgan fingerprint density at radius 3 is 2.75 bits per heavy atom. The van der Waals surface area contributed by atoms with E-state index in [1.165, 1.54) is 17.4 Å². The van der Waals surface area contributed by atoms with E-state index in [0.717, 1.165) is 10.6 Å². The van der Waals surface area contributed by atoms with E-state index in [2.05, 4.69) is 15.5 Å². The zero-order chi connectivity index (χ0) is 17.5. The van der Waals surface area contributed by atoms with Gasteiger partial charge in [0.15, 0.2) is 11.5 Å². The highest BCUT2D eigenvalue weighted by Crippen LogP contribution is 2.28. The third kappa shape index (κ3) is 4.79. The Labute approximate surface area is 145 Å². The number of ether oxygens (including phenoxy) is 2. The third-order valence-corrected chi connectivity index (χ3v) is 4.22. The molecule has 0 aliphatic carbocycles. The van der Waals surface area contributed by atoms with Gasteiger partial charge in [0.25, 0.3) is 0 Å². The SMILES string of the molecule is CCOc1ccc(/C=C/C(=O)Nc2nnc(C(C)C)s2)cc1OC. The van der Waals surface area contributed by atoms with E-state index < -0.39 is 0 Å². The van der Waals surface area contributed by atoms with Crippen molar-refractivity contribution in [2.24, 2.45) is 0 Å². The van der Waals surface area contributed by atoms with Gasteiger partial charge in [0.2, 0.25) is 11.0 Å². The smallest absolute Gasteiger partial charge is 0.250 e. The Kier molecular flexibility index (Phi) is 6.31. The minimum atomic E-state index is -0.255. The molecular weight excluding hydrogens is 326 g/mol. The first-order valence-electron chi connectivity index (χ1n) is 7.66. The largest absolute Gasteiger partial charge is 0.493 e. The van der Waals surface area contributed by atoms with Crippen LogP contribution < -0.4 is 14.8 Å². The summed E-state index contributed by atoms with van der Waals surface area (Å²) in [4.78, 5) is 12.0. The molecule has 1 N–H and O–H groups in total. The number of nitrogens with zero attached hydrogens (tertiary/aromatic N) is 2. The van der Waals surface area contributed by atoms with Crippen molar-refractivity contribution in [1.82, 2.24) is 10.2 Å². The zero-order valence-corrected chi connectivity index (χ0v) is 15.0. The number of benzene rings is 1. The van der Waals surface area contributed by atoms with E-state index >= 15 is 0 Å². The van der Waals surface area contributed by atoms with Crippen molar-refractivity contribution in [3.63, 3.8) is 0 Å². The number of nitrogens with one attached hydrogen (secondary N) is 1. The van der Waals surface area contributed by atoms with Crippen molar-refractivity contribution >= 4 is 28.5 Å². The molecule has 0 atom stereocenters. The van der Waals surface area contributed by atoms with Crippen molar-refractivity contribution in [1.29, 1.82) is 0 Å². The number of carbonyl (C=O) groups is 1. The topological polar surface area (TPSA) is 73.3 Å². The molecule has 128 valence electrons. The van der Waals surface area contributed by atoms with Gasteiger partial charge in [0, 0.05) is 12.0 Å². The Morgan fingerprint density at radius 1 is 1.33 bits per heavy atom. The molecule has 0 aliphatic heterocycles. The number of amides is 1. The van der Waals surface area contributed by atoms with Gasteiger partial charge in [0.1, 0.15) is 5.01 Å². The van der Waals surface area contributed by atoms with Crippen LogP contribution in [0.2, 0.25) is 0 Å². The normalized spacial score (nSPS) is 11.0. The second-order valence-corrected chi connectivity index (χ2v) is 6.28. The van der Waals surface area contributed by atoms with Crippen LogP contribution in [0.3, 0.4) is 0 Å². The zero-order valence-electron chi connectivity index (χ0n) is 14.2. The molecule has 0 saturated carbocycles. The van der Waals surface area contributed by atoms with Gasteiger partial charge in [-0.15, -0.1) is 10.2 Å². The number of hydrogen-bond acceptors (Lipinski definition) is 6. The molecule has 7 heteroatoms. The molecule has 0 bridgehead atoms. The van der Waals surface area contributed by atoms with Gasteiger partial charge in [-0.25, -0.2) is 0 Å². The molecule has 0 radical (unpaired) electrons. The number of carbonyl (C=O) groups excluding carboxylic acids is 1. The highest BCUT2D eigenvalue weighted by atomic mass is 32.1. The van der Waals surface area contributed by atoms with Crippen molar-refractivity contribution < 1.29 is 14.3 Å². The second kappa shape index (κ2) is 8.44. The fraction of sp³-hybridized carbons (Fsp3) is 0.353. The summed E-state index contributed by atoms with van der Waals surface area (Å²) >= 11 is 1.38. The van der Waals surface area contributed by atoms with Gasteiger partial charge < -0.3 is 9.47 Å². The van der Waals surface area contributed by atoms with E-state index in [0.29, 0.717) is 29.2 Å². The first-order chi connectivity index (χ1) is 11.5. The lowest BCUT2D eigenvalue weighted by Crippen LogP contribution is -2.07. The Hall–Kier alpha value is -2.41. The molecule has 1 aromatic heterocycles. The van der Waals surface area contributed by atoms with Gasteiger partial charge in [-0.05, 0) is 30.7 Å². The van der Waals surface area contributed by atoms with Crippen LogP contribution in [0, 0.1) is 0 Å². The van der Waals surface area contributed by atoms with Crippen LogP contribution in [-0.2, 0) is 4.79 Å². The van der Waals surface area contributed by atoms with Gasteiger partial charge in [0.05, 0.1) is 13.7 Å². The average Bonchev–Trinajstić information content (AvgIpc) is 3.03. The maximum Gasteiger partial charge on any atom is 0.250 e. The van der Waals surface area contributed by atoms with Crippen molar-refractivity contribution in [3.05, 3.63) is 34.8 Å². The summed E-state index contributed by atoms with van der Waals surface area (Å²) in [5, 5.41) is 12.1. The number of hydrogen-bond donors (Lipinski definition) is 1. The molecule has 1 amide bonds. The summed E-state index contributed by atoms with van der Waals surface area (Å²) in [5.41, 5.74) is 0.839. The van der Waals surface area contributed by atoms with Crippen LogP contribution in [0.25, 0.3) is 6.08 Å². The maximum absolute atomic E-state index is 12.0. The van der Waals surface area contributed by atoms with Gasteiger partial charge in [-0.3, -0.25) is 10.1 Å². The van der Waals surface area contributed by atoms with E-state index in [9.17, 15) is 4.79 Å². The average molecular weight is 347 g/mol. The molecule has 0 saturated heterocycles. The molecule has 24 heavy (non-hydrogen) atoms. The minimum absolute atomic E-state index is 0.255. The van der Waals surface area contributed by atoms with Crippen molar-refractivity contribution in [2.45, 2.75) is 26.7 Å². The summed E-state index contributed by atoms with van der Waals surface area (Å²) in [7, 11) is 1.58. The molecule has 0 fully saturated rings. The molecule has 2 rings (SSSR count). The first kappa shape index (κ1) is 17.9. The van der Waals surface area contributed by atoms with Crippen LogP contribution >= 0.6 is 11.3 Å². The lowest BCUT2D eigenvalue weighted by Gasteiger charge is -2.09. The fourth-order valence-corrected chi connectivity index (χ4v) is 2.65. The minimum Gasteiger partial charge on any atom is -0.493 e. The number of rotatable bonds is 7. The Morgan fingerprint density at radius 2 is 2.12 bits per heavy atom. The predicted octanol–water partition coefficient (Wildman–Crippen LogP) is 3.72. The fourth-order valence-electron chi connectivity index (χ4n) is 1.90. The first-order valence-corrected chi connectivity index (χ1v) is 8.48. The molecule has 1 aromatic carbocycles. The van der Waals surface area contributed by atoms with Gasteiger partial charge in [-0.1, -0.05) is 31.3 Å². The van der Waals surface area contributed by atoms with Crippen LogP contribution in [-0.4, -0.2) is 29.8 Å². The lowest BCUT2D eigenvalue weighted by molar-refractivity contribution is -0.111. The van der Waals surface area contributed by atoms with Crippen LogP contribution in [0.5, 0.6) is 11.5 Å². The third-order valence-electron chi connectivity index (χ3n) is 3.08. The highest BCUT2D eigenvalue weighted by Gasteiger charge is 2.09. The summed E-state index contributed by atoms with van der Waals surface area (Å²) in [6.07, 6.45) is 3.16. The Bertz CT molecular complexity index is 726. The van der Waals surface area contributed by atoms with Gasteiger partial charge >= 0.3 is 0 Å². The number of anilines is 1. The molecular formula is C17H21N3O3S. The van der Waals surface area contributed by atoms with Crippen molar-refractivity contribution in [2.75, 3.05) is 19.0 Å². The second-order valence-electron chi connectivity index (χ2n) is 5.27. The number of methoxy groups -OCH3 is 1. The lowest BCUT2D eigenvalue weighted by atomic mass is 10.2. The molecule has 1 heterocycles. The van der Waals surface area contributed by atoms with Crippen LogP contribution in [0.4, 0.5) is 5.13 Å². The summed E-state index contributed by atoms with van der Waals surface area (Å²) in [6.45, 7) is 6.54. The quantitative estimate of drug-likeness (QED) is 0.773. The summed E-state index contributed by atoms with van der Waals surface area (Å²) in [6, 6.07) is 5.50. The number of aromatic nitrogens is 2. The van der Waals surface area contributed by atoms with E-state index in [1.54, 1.807) is 13.2 Å². The molecule has 2 aromatic rings. The monoisotopic (exact) mass is 347 g/mol. The van der Waals surface area contributed by atoms with E-state index in [1.807, 2.05) is 39.0 Å². The van der Waals surface area contributed by atoms with Gasteiger partial charge in [-0.2, -0.15) is 0 Å². The molecule has 0 unspecified atom stereocenters. The van der Waals surface area contributed by atoms with Crippen LogP contribution in [0.15, 0.2) is 24.3 Å². The molecule has 6 nitrogen and oxygen atoms in total. The summed E-state index contributed by atoms with van der Waals surface area (Å²) in [5.74, 6) is 1.34. The van der Waals surface area contributed by atoms with E-state index in [-0.39, 0.29) is 5.91 Å². The van der Waals surface area contributed by atoms with E-state index in [4.69, 9.17) is 9.47 Å². The van der Waals surface area contributed by atoms with Crippen LogP contribution in [0.1, 0.15) is 37.3 Å². The highest BCUT2D eigenvalue weighted by molar-refractivity contribution is 7.15. The standard InChI is InChI=1S/C17H21N3O3S/c1-5-23-13-8-6-12(10-14(13)22-4)7-9-15(21)18-17-20-19-16(24-17)11(2)3/h6-11H,5H2,1-4H3,(H,18,20,21)/b9-7+. The molecule has 0 aliphatic rings. The van der Waals surface area contributed by atoms with Crippen molar-refractivity contribution in [3.8, 4) is 11.5 Å².